The summed E-state index contributed by atoms with van der Waals surface area (Å²) in [6, 6.07) is 12.8. The van der Waals surface area contributed by atoms with Crippen LogP contribution < -0.4 is 0 Å². The fourth-order valence-corrected chi connectivity index (χ4v) is 3.04. The molecule has 0 bridgehead atoms. The molecule has 0 N–H and O–H groups in total. The van der Waals surface area contributed by atoms with Crippen LogP contribution in [0.2, 0.25) is 0 Å². The van der Waals surface area contributed by atoms with Crippen molar-refractivity contribution in [3.8, 4) is 0 Å². The number of non-ortho nitro benzene ring substituents is 2. The molecule has 2 aromatic carbocycles. The maximum atomic E-state index is 10.7. The normalized spacial score (nSPS) is 10.6. The zero-order chi connectivity index (χ0) is 15.4. The molecule has 6 nitrogen and oxygen atoms in total. The van der Waals surface area contributed by atoms with Crippen molar-refractivity contribution in [2.75, 3.05) is 4.43 Å². The second-order valence-corrected chi connectivity index (χ2v) is 5.28. The average Bonchev–Trinajstić information content (AvgIpc) is 2.49. The Hall–Kier alpha value is -2.03. The first-order valence-electron chi connectivity index (χ1n) is 6.07. The molecule has 2 aromatic rings. The first-order valence-corrected chi connectivity index (χ1v) is 7.60. The van der Waals surface area contributed by atoms with Gasteiger partial charge in [-0.15, -0.1) is 0 Å². The van der Waals surface area contributed by atoms with Crippen LogP contribution in [0, 0.1) is 20.2 Å². The van der Waals surface area contributed by atoms with Gasteiger partial charge >= 0.3 is 0 Å². The highest BCUT2D eigenvalue weighted by Crippen LogP contribution is 2.29. The Labute approximate surface area is 134 Å². The average molecular weight is 398 g/mol. The van der Waals surface area contributed by atoms with Gasteiger partial charge in [-0.25, -0.2) is 0 Å². The van der Waals surface area contributed by atoms with E-state index in [1.165, 1.54) is 24.3 Å². The van der Waals surface area contributed by atoms with Crippen LogP contribution in [0.3, 0.4) is 0 Å². The van der Waals surface area contributed by atoms with Crippen LogP contribution in [0.25, 0.3) is 0 Å². The summed E-state index contributed by atoms with van der Waals surface area (Å²) in [6.45, 7) is 0. The molecule has 0 amide bonds. The summed E-state index contributed by atoms with van der Waals surface area (Å²) < 4.78 is 0.771. The molecule has 0 aliphatic heterocycles. The molecule has 21 heavy (non-hydrogen) atoms. The SMILES string of the molecule is O=[N+]([O-])c1ccc(C(CI)c2ccc([N+](=O)[O-])cc2)cc1. The lowest BCUT2D eigenvalue weighted by Crippen LogP contribution is -2.03. The van der Waals surface area contributed by atoms with Crippen LogP contribution in [0.1, 0.15) is 17.0 Å². The molecule has 0 saturated carbocycles. The molecule has 7 heteroatoms. The number of hydrogen-bond donors (Lipinski definition) is 0. The maximum absolute atomic E-state index is 10.7. The van der Waals surface area contributed by atoms with E-state index in [1.807, 2.05) is 0 Å². The third-order valence-corrected chi connectivity index (χ3v) is 4.05. The number of alkyl halides is 1. The first-order chi connectivity index (χ1) is 10.0. The molecule has 0 fully saturated rings. The summed E-state index contributed by atoms with van der Waals surface area (Å²) in [7, 11) is 0. The van der Waals surface area contributed by atoms with Crippen LogP contribution in [0.4, 0.5) is 11.4 Å². The molecule has 0 unspecified atom stereocenters. The first kappa shape index (κ1) is 15.4. The van der Waals surface area contributed by atoms with Gasteiger partial charge < -0.3 is 0 Å². The Balaban J connectivity index is 2.30. The Morgan fingerprint density at radius 2 is 1.14 bits per heavy atom. The highest BCUT2D eigenvalue weighted by molar-refractivity contribution is 14.1. The third kappa shape index (κ3) is 3.54. The Bertz CT molecular complexity index is 598. The smallest absolute Gasteiger partial charge is 0.258 e. The predicted octanol–water partition coefficient (Wildman–Crippen LogP) is 4.07. The molecular formula is C14H11IN2O4. The minimum absolute atomic E-state index is 0.0483. The van der Waals surface area contributed by atoms with Gasteiger partial charge in [-0.1, -0.05) is 46.9 Å². The van der Waals surface area contributed by atoms with E-state index in [0.717, 1.165) is 15.6 Å². The fraction of sp³-hybridized carbons (Fsp3) is 0.143. The number of hydrogen-bond acceptors (Lipinski definition) is 4. The van der Waals surface area contributed by atoms with E-state index in [-0.39, 0.29) is 17.3 Å². The molecule has 0 radical (unpaired) electrons. The van der Waals surface area contributed by atoms with E-state index in [0.29, 0.717) is 0 Å². The molecular weight excluding hydrogens is 387 g/mol. The van der Waals surface area contributed by atoms with Crippen molar-refractivity contribution in [1.29, 1.82) is 0 Å². The van der Waals surface area contributed by atoms with Gasteiger partial charge in [-0.3, -0.25) is 20.2 Å². The molecule has 0 aromatic heterocycles. The van der Waals surface area contributed by atoms with Crippen LogP contribution in [-0.4, -0.2) is 14.3 Å². The standard InChI is InChI=1S/C14H11IN2O4/c15-9-14(10-1-5-12(6-2-10)16(18)19)11-3-7-13(8-4-11)17(20)21/h1-8,14H,9H2. The largest absolute Gasteiger partial charge is 0.269 e. The summed E-state index contributed by atoms with van der Waals surface area (Å²) >= 11 is 2.23. The Morgan fingerprint density at radius 1 is 0.810 bits per heavy atom. The van der Waals surface area contributed by atoms with Crippen molar-refractivity contribution in [1.82, 2.24) is 0 Å². The quantitative estimate of drug-likeness (QED) is 0.329. The van der Waals surface area contributed by atoms with Crippen LogP contribution in [0.5, 0.6) is 0 Å². The maximum Gasteiger partial charge on any atom is 0.269 e. The second kappa shape index (κ2) is 6.61. The van der Waals surface area contributed by atoms with E-state index in [2.05, 4.69) is 22.6 Å². The van der Waals surface area contributed by atoms with Gasteiger partial charge in [0.1, 0.15) is 0 Å². The minimum Gasteiger partial charge on any atom is -0.258 e. The second-order valence-electron chi connectivity index (χ2n) is 4.40. The molecule has 0 aliphatic rings. The molecule has 108 valence electrons. The van der Waals surface area contributed by atoms with Crippen molar-refractivity contribution in [3.05, 3.63) is 79.9 Å². The topological polar surface area (TPSA) is 86.3 Å². The zero-order valence-electron chi connectivity index (χ0n) is 10.8. The van der Waals surface area contributed by atoms with Gasteiger partial charge in [0.25, 0.3) is 11.4 Å². The van der Waals surface area contributed by atoms with Gasteiger partial charge in [0.2, 0.25) is 0 Å². The number of halogens is 1. The van der Waals surface area contributed by atoms with E-state index >= 15 is 0 Å². The number of nitro groups is 2. The Morgan fingerprint density at radius 3 is 1.38 bits per heavy atom. The van der Waals surface area contributed by atoms with E-state index in [4.69, 9.17) is 0 Å². The number of nitrogens with zero attached hydrogens (tertiary/aromatic N) is 2. The van der Waals surface area contributed by atoms with Gasteiger partial charge in [-0.2, -0.15) is 0 Å². The highest BCUT2D eigenvalue weighted by atomic mass is 127. The summed E-state index contributed by atoms with van der Waals surface area (Å²) in [4.78, 5) is 20.5. The van der Waals surface area contributed by atoms with E-state index in [1.54, 1.807) is 24.3 Å². The van der Waals surface area contributed by atoms with Crippen molar-refractivity contribution in [3.63, 3.8) is 0 Å². The minimum atomic E-state index is -0.436. The lowest BCUT2D eigenvalue weighted by atomic mass is 9.93. The van der Waals surface area contributed by atoms with Crippen molar-refractivity contribution >= 4 is 34.0 Å². The number of nitro benzene ring substituents is 2. The highest BCUT2D eigenvalue weighted by Gasteiger charge is 2.15. The van der Waals surface area contributed by atoms with Gasteiger partial charge in [0.15, 0.2) is 0 Å². The molecule has 0 heterocycles. The van der Waals surface area contributed by atoms with Crippen molar-refractivity contribution < 1.29 is 9.85 Å². The monoisotopic (exact) mass is 398 g/mol. The fourth-order valence-electron chi connectivity index (χ4n) is 2.03. The number of rotatable bonds is 5. The molecule has 2 rings (SSSR count). The molecule has 0 aliphatic carbocycles. The van der Waals surface area contributed by atoms with E-state index in [9.17, 15) is 20.2 Å². The lowest BCUT2D eigenvalue weighted by molar-refractivity contribution is -0.385. The van der Waals surface area contributed by atoms with Gasteiger partial charge in [-0.05, 0) is 11.1 Å². The van der Waals surface area contributed by atoms with Gasteiger partial charge in [0, 0.05) is 34.6 Å². The van der Waals surface area contributed by atoms with Crippen LogP contribution >= 0.6 is 22.6 Å². The van der Waals surface area contributed by atoms with Crippen molar-refractivity contribution in [2.24, 2.45) is 0 Å². The summed E-state index contributed by atoms with van der Waals surface area (Å²) in [6.07, 6.45) is 0. The molecule has 0 saturated heterocycles. The van der Waals surface area contributed by atoms with E-state index < -0.39 is 9.85 Å². The lowest BCUT2D eigenvalue weighted by Gasteiger charge is -2.14. The van der Waals surface area contributed by atoms with Gasteiger partial charge in [0.05, 0.1) is 9.85 Å². The predicted molar refractivity (Wildman–Crippen MR) is 86.9 cm³/mol. The third-order valence-electron chi connectivity index (χ3n) is 3.17. The van der Waals surface area contributed by atoms with Crippen LogP contribution in [-0.2, 0) is 0 Å². The number of benzene rings is 2. The molecule has 0 spiro atoms. The summed E-state index contributed by atoms with van der Waals surface area (Å²) in [5, 5.41) is 21.3. The Kier molecular flexibility index (Phi) is 4.84. The zero-order valence-corrected chi connectivity index (χ0v) is 13.0. The summed E-state index contributed by atoms with van der Waals surface area (Å²) in [5.74, 6) is 0.0483. The molecule has 0 atom stereocenters. The van der Waals surface area contributed by atoms with Crippen molar-refractivity contribution in [2.45, 2.75) is 5.92 Å². The van der Waals surface area contributed by atoms with Crippen LogP contribution in [0.15, 0.2) is 48.5 Å². The summed E-state index contributed by atoms with van der Waals surface area (Å²) in [5.41, 5.74) is 2.00.